The van der Waals surface area contributed by atoms with Gasteiger partial charge in [-0.15, -0.1) is 0 Å². The molecule has 0 radical (unpaired) electrons. The Kier molecular flexibility index (Phi) is 7.16. The maximum atomic E-state index is 11.8. The van der Waals surface area contributed by atoms with Crippen LogP contribution >= 0.6 is 0 Å². The van der Waals surface area contributed by atoms with Crippen molar-refractivity contribution in [3.05, 3.63) is 35.9 Å². The number of esters is 1. The van der Waals surface area contributed by atoms with Gasteiger partial charge in [0.05, 0.1) is 12.5 Å². The summed E-state index contributed by atoms with van der Waals surface area (Å²) in [4.78, 5) is 11.8. The first-order valence-electron chi connectivity index (χ1n) is 6.97. The Morgan fingerprint density at radius 3 is 2.44 bits per heavy atom. The van der Waals surface area contributed by atoms with Gasteiger partial charge in [-0.1, -0.05) is 62.9 Å². The van der Waals surface area contributed by atoms with E-state index in [-0.39, 0.29) is 11.9 Å². The van der Waals surface area contributed by atoms with E-state index in [1.165, 1.54) is 19.3 Å². The van der Waals surface area contributed by atoms with Crippen molar-refractivity contribution in [3.63, 3.8) is 0 Å². The molecule has 0 aliphatic carbocycles. The van der Waals surface area contributed by atoms with Gasteiger partial charge in [-0.25, -0.2) is 0 Å². The monoisotopic (exact) mass is 248 g/mol. The Bertz CT molecular complexity index is 332. The molecule has 2 heteroatoms. The molecular weight excluding hydrogens is 224 g/mol. The van der Waals surface area contributed by atoms with Crippen LogP contribution in [0.4, 0.5) is 0 Å². The number of carbonyl (C=O) groups excluding carboxylic acids is 1. The Balaban J connectivity index is 2.20. The van der Waals surface area contributed by atoms with E-state index < -0.39 is 0 Å². The molecule has 18 heavy (non-hydrogen) atoms. The number of unbranched alkanes of at least 4 members (excludes halogenated alkanes) is 4. The summed E-state index contributed by atoms with van der Waals surface area (Å²) in [5, 5.41) is 0. The van der Waals surface area contributed by atoms with Gasteiger partial charge in [-0.2, -0.15) is 0 Å². The predicted molar refractivity (Wildman–Crippen MR) is 74.6 cm³/mol. The van der Waals surface area contributed by atoms with Gasteiger partial charge >= 0.3 is 5.97 Å². The number of ether oxygens (including phenoxy) is 1. The van der Waals surface area contributed by atoms with E-state index in [4.69, 9.17) is 4.74 Å². The summed E-state index contributed by atoms with van der Waals surface area (Å²) >= 11 is 0. The summed E-state index contributed by atoms with van der Waals surface area (Å²) in [6.07, 6.45) is 5.88. The zero-order valence-electron chi connectivity index (χ0n) is 11.5. The quantitative estimate of drug-likeness (QED) is 0.506. The van der Waals surface area contributed by atoms with Crippen LogP contribution in [0.2, 0.25) is 0 Å². The van der Waals surface area contributed by atoms with Gasteiger partial charge in [0.15, 0.2) is 0 Å². The number of benzene rings is 1. The van der Waals surface area contributed by atoms with Crippen LogP contribution in [-0.4, -0.2) is 12.6 Å². The molecule has 0 saturated heterocycles. The number of rotatable bonds is 8. The van der Waals surface area contributed by atoms with Crippen LogP contribution in [0.15, 0.2) is 30.3 Å². The first kappa shape index (κ1) is 14.7. The van der Waals surface area contributed by atoms with Crippen LogP contribution in [0.1, 0.15) is 57.4 Å². The van der Waals surface area contributed by atoms with Crippen molar-refractivity contribution in [1.29, 1.82) is 0 Å². The Labute approximate surface area is 110 Å². The van der Waals surface area contributed by atoms with E-state index >= 15 is 0 Å². The van der Waals surface area contributed by atoms with Crippen molar-refractivity contribution in [2.75, 3.05) is 6.61 Å². The average Bonchev–Trinajstić information content (AvgIpc) is 2.42. The fourth-order valence-corrected chi connectivity index (χ4v) is 1.88. The van der Waals surface area contributed by atoms with Gasteiger partial charge in [0, 0.05) is 0 Å². The summed E-state index contributed by atoms with van der Waals surface area (Å²) in [6.45, 7) is 4.65. The Morgan fingerprint density at radius 1 is 1.11 bits per heavy atom. The second-order valence-electron chi connectivity index (χ2n) is 4.71. The molecule has 1 rings (SSSR count). The van der Waals surface area contributed by atoms with E-state index in [0.717, 1.165) is 18.4 Å². The molecule has 0 heterocycles. The lowest BCUT2D eigenvalue weighted by Gasteiger charge is -2.11. The molecule has 0 spiro atoms. The van der Waals surface area contributed by atoms with E-state index in [2.05, 4.69) is 6.92 Å². The van der Waals surface area contributed by atoms with Gasteiger partial charge in [0.1, 0.15) is 0 Å². The van der Waals surface area contributed by atoms with E-state index in [0.29, 0.717) is 6.61 Å². The lowest BCUT2D eigenvalue weighted by molar-refractivity contribution is -0.145. The van der Waals surface area contributed by atoms with E-state index in [1.54, 1.807) is 0 Å². The highest BCUT2D eigenvalue weighted by atomic mass is 16.5. The largest absolute Gasteiger partial charge is 0.465 e. The van der Waals surface area contributed by atoms with Crippen LogP contribution in [0.5, 0.6) is 0 Å². The third kappa shape index (κ3) is 5.35. The normalized spacial score (nSPS) is 12.1. The standard InChI is InChI=1S/C16H24O2/c1-3-4-5-6-10-13-18-16(17)14(2)15-11-8-7-9-12-15/h7-9,11-12,14H,3-6,10,13H2,1-2H3. The van der Waals surface area contributed by atoms with Gasteiger partial charge in [0.2, 0.25) is 0 Å². The van der Waals surface area contributed by atoms with Crippen molar-refractivity contribution in [1.82, 2.24) is 0 Å². The minimum atomic E-state index is -0.165. The lowest BCUT2D eigenvalue weighted by Crippen LogP contribution is -2.13. The lowest BCUT2D eigenvalue weighted by atomic mass is 10.0. The number of hydrogen-bond donors (Lipinski definition) is 0. The molecule has 0 fully saturated rings. The molecule has 0 amide bonds. The molecule has 0 bridgehead atoms. The number of hydrogen-bond acceptors (Lipinski definition) is 2. The molecular formula is C16H24O2. The fourth-order valence-electron chi connectivity index (χ4n) is 1.88. The average molecular weight is 248 g/mol. The van der Waals surface area contributed by atoms with Gasteiger partial charge in [0.25, 0.3) is 0 Å². The molecule has 1 aromatic rings. The van der Waals surface area contributed by atoms with E-state index in [1.807, 2.05) is 37.3 Å². The highest BCUT2D eigenvalue weighted by Gasteiger charge is 2.15. The Morgan fingerprint density at radius 2 is 1.78 bits per heavy atom. The highest BCUT2D eigenvalue weighted by molar-refractivity contribution is 5.77. The summed E-state index contributed by atoms with van der Waals surface area (Å²) in [7, 11) is 0. The third-order valence-corrected chi connectivity index (χ3v) is 3.15. The molecule has 1 aromatic carbocycles. The fraction of sp³-hybridized carbons (Fsp3) is 0.562. The topological polar surface area (TPSA) is 26.3 Å². The molecule has 2 nitrogen and oxygen atoms in total. The van der Waals surface area contributed by atoms with Crippen LogP contribution in [0.3, 0.4) is 0 Å². The van der Waals surface area contributed by atoms with Crippen molar-refractivity contribution >= 4 is 5.97 Å². The minimum Gasteiger partial charge on any atom is -0.465 e. The summed E-state index contributed by atoms with van der Waals surface area (Å²) in [5.74, 6) is -0.279. The summed E-state index contributed by atoms with van der Waals surface area (Å²) in [6, 6.07) is 9.78. The van der Waals surface area contributed by atoms with Gasteiger partial charge < -0.3 is 4.74 Å². The van der Waals surface area contributed by atoms with Crippen molar-refractivity contribution in [2.24, 2.45) is 0 Å². The molecule has 100 valence electrons. The predicted octanol–water partition coefficient (Wildman–Crippen LogP) is 4.30. The van der Waals surface area contributed by atoms with Crippen molar-refractivity contribution in [3.8, 4) is 0 Å². The maximum Gasteiger partial charge on any atom is 0.313 e. The highest BCUT2D eigenvalue weighted by Crippen LogP contribution is 2.16. The summed E-state index contributed by atoms with van der Waals surface area (Å²) < 4.78 is 5.30. The molecule has 0 aliphatic rings. The first-order chi connectivity index (χ1) is 8.75. The SMILES string of the molecule is CCCCCCCOC(=O)C(C)c1ccccc1. The molecule has 1 unspecified atom stereocenters. The molecule has 0 aromatic heterocycles. The van der Waals surface area contributed by atoms with Crippen molar-refractivity contribution in [2.45, 2.75) is 51.9 Å². The Hall–Kier alpha value is -1.31. The van der Waals surface area contributed by atoms with Crippen LogP contribution in [0, 0.1) is 0 Å². The zero-order valence-corrected chi connectivity index (χ0v) is 11.5. The number of carbonyl (C=O) groups is 1. The van der Waals surface area contributed by atoms with Crippen LogP contribution in [-0.2, 0) is 9.53 Å². The summed E-state index contributed by atoms with van der Waals surface area (Å²) in [5.41, 5.74) is 1.02. The zero-order chi connectivity index (χ0) is 13.2. The van der Waals surface area contributed by atoms with Crippen LogP contribution < -0.4 is 0 Å². The van der Waals surface area contributed by atoms with E-state index in [9.17, 15) is 4.79 Å². The second-order valence-corrected chi connectivity index (χ2v) is 4.71. The molecule has 1 atom stereocenters. The molecule has 0 aliphatic heterocycles. The minimum absolute atomic E-state index is 0.114. The third-order valence-electron chi connectivity index (χ3n) is 3.15. The molecule has 0 N–H and O–H groups in total. The molecule has 0 saturated carbocycles. The smallest absolute Gasteiger partial charge is 0.313 e. The van der Waals surface area contributed by atoms with Gasteiger partial charge in [-0.3, -0.25) is 4.79 Å². The van der Waals surface area contributed by atoms with Gasteiger partial charge in [-0.05, 0) is 18.9 Å². The second kappa shape index (κ2) is 8.73. The first-order valence-corrected chi connectivity index (χ1v) is 6.97. The maximum absolute atomic E-state index is 11.8. The van der Waals surface area contributed by atoms with Crippen molar-refractivity contribution < 1.29 is 9.53 Å². The van der Waals surface area contributed by atoms with Crippen LogP contribution in [0.25, 0.3) is 0 Å².